The first-order valence-corrected chi connectivity index (χ1v) is 10.4. The summed E-state index contributed by atoms with van der Waals surface area (Å²) in [6, 6.07) is 27.9. The van der Waals surface area contributed by atoms with Crippen LogP contribution in [0.25, 0.3) is 22.3 Å². The lowest BCUT2D eigenvalue weighted by atomic mass is 10.1. The van der Waals surface area contributed by atoms with Crippen LogP contribution in [0.5, 0.6) is 0 Å². The van der Waals surface area contributed by atoms with Gasteiger partial charge in [-0.25, -0.2) is 19.9 Å². The van der Waals surface area contributed by atoms with Crippen molar-refractivity contribution in [2.75, 3.05) is 10.6 Å². The summed E-state index contributed by atoms with van der Waals surface area (Å²) in [5, 5.41) is 6.79. The topological polar surface area (TPSA) is 75.6 Å². The highest BCUT2D eigenvalue weighted by atomic mass is 15.0. The Hall–Kier alpha value is -4.32. The SMILES string of the molecule is Cc1nc(Nc2cccc(Nc3nc4ccccc4nc3C)c2)cc(-c2ccccc2)n1. The smallest absolute Gasteiger partial charge is 0.152 e. The van der Waals surface area contributed by atoms with Crippen LogP contribution in [0.3, 0.4) is 0 Å². The molecular formula is C26H22N6. The van der Waals surface area contributed by atoms with Gasteiger partial charge in [0.2, 0.25) is 0 Å². The largest absolute Gasteiger partial charge is 0.340 e. The summed E-state index contributed by atoms with van der Waals surface area (Å²) in [6.45, 7) is 3.86. The fourth-order valence-electron chi connectivity index (χ4n) is 3.55. The molecule has 0 radical (unpaired) electrons. The Balaban J connectivity index is 1.41. The molecule has 0 saturated carbocycles. The van der Waals surface area contributed by atoms with E-state index in [2.05, 4.69) is 25.6 Å². The molecule has 2 N–H and O–H groups in total. The highest BCUT2D eigenvalue weighted by molar-refractivity contribution is 5.78. The molecule has 32 heavy (non-hydrogen) atoms. The molecule has 5 rings (SSSR count). The average molecular weight is 419 g/mol. The number of nitrogens with zero attached hydrogens (tertiary/aromatic N) is 4. The van der Waals surface area contributed by atoms with Gasteiger partial charge >= 0.3 is 0 Å². The number of para-hydroxylation sites is 2. The first-order valence-electron chi connectivity index (χ1n) is 10.4. The van der Waals surface area contributed by atoms with E-state index in [1.807, 2.05) is 98.8 Å². The van der Waals surface area contributed by atoms with E-state index in [1.54, 1.807) is 0 Å². The van der Waals surface area contributed by atoms with Crippen molar-refractivity contribution in [3.05, 3.63) is 96.4 Å². The number of hydrogen-bond acceptors (Lipinski definition) is 6. The molecule has 0 atom stereocenters. The molecule has 0 spiro atoms. The van der Waals surface area contributed by atoms with Gasteiger partial charge in [-0.15, -0.1) is 0 Å². The standard InChI is InChI=1S/C26H22N6/c1-17-26(32-23-14-7-6-13-22(23)27-17)31-21-12-8-11-20(15-21)30-25-16-24(28-18(2)29-25)19-9-4-3-5-10-19/h3-16H,1-2H3,(H,31,32)(H,28,29,30). The summed E-state index contributed by atoms with van der Waals surface area (Å²) in [5.41, 5.74) is 6.37. The first-order chi connectivity index (χ1) is 15.6. The van der Waals surface area contributed by atoms with Crippen LogP contribution in [-0.2, 0) is 0 Å². The van der Waals surface area contributed by atoms with Crippen molar-refractivity contribution < 1.29 is 0 Å². The zero-order valence-corrected chi connectivity index (χ0v) is 17.9. The fraction of sp³-hybridized carbons (Fsp3) is 0.0769. The molecule has 5 aromatic rings. The summed E-state index contributed by atoms with van der Waals surface area (Å²) in [4.78, 5) is 18.5. The summed E-state index contributed by atoms with van der Waals surface area (Å²) in [6.07, 6.45) is 0. The molecule has 156 valence electrons. The Kier molecular flexibility index (Phi) is 5.17. The van der Waals surface area contributed by atoms with E-state index in [1.165, 1.54) is 0 Å². The van der Waals surface area contributed by atoms with Crippen molar-refractivity contribution in [1.82, 2.24) is 19.9 Å². The van der Waals surface area contributed by atoms with Crippen molar-refractivity contribution in [3.8, 4) is 11.3 Å². The van der Waals surface area contributed by atoms with Crippen LogP contribution in [0.2, 0.25) is 0 Å². The van der Waals surface area contributed by atoms with Crippen LogP contribution in [0, 0.1) is 13.8 Å². The number of hydrogen-bond donors (Lipinski definition) is 2. The summed E-state index contributed by atoms with van der Waals surface area (Å²) < 4.78 is 0. The molecular weight excluding hydrogens is 396 g/mol. The lowest BCUT2D eigenvalue weighted by Gasteiger charge is -2.12. The lowest BCUT2D eigenvalue weighted by molar-refractivity contribution is 1.06. The second-order valence-corrected chi connectivity index (χ2v) is 7.53. The van der Waals surface area contributed by atoms with Crippen LogP contribution in [0.1, 0.15) is 11.5 Å². The predicted octanol–water partition coefficient (Wildman–Crippen LogP) is 6.19. The second kappa shape index (κ2) is 8.43. The van der Waals surface area contributed by atoms with Crippen LogP contribution in [-0.4, -0.2) is 19.9 Å². The number of anilines is 4. The Bertz CT molecular complexity index is 1400. The zero-order valence-electron chi connectivity index (χ0n) is 17.9. The number of aryl methyl sites for hydroxylation is 2. The molecule has 0 saturated heterocycles. The number of aromatic nitrogens is 4. The van der Waals surface area contributed by atoms with Gasteiger partial charge in [-0.3, -0.25) is 0 Å². The van der Waals surface area contributed by atoms with Gasteiger partial charge < -0.3 is 10.6 Å². The monoisotopic (exact) mass is 418 g/mol. The summed E-state index contributed by atoms with van der Waals surface area (Å²) in [5.74, 6) is 2.20. The van der Waals surface area contributed by atoms with E-state index in [9.17, 15) is 0 Å². The van der Waals surface area contributed by atoms with Crippen molar-refractivity contribution in [2.45, 2.75) is 13.8 Å². The van der Waals surface area contributed by atoms with E-state index in [4.69, 9.17) is 4.98 Å². The van der Waals surface area contributed by atoms with Crippen LogP contribution in [0.15, 0.2) is 84.9 Å². The minimum atomic E-state index is 0.713. The lowest BCUT2D eigenvalue weighted by Crippen LogP contribution is -2.01. The maximum absolute atomic E-state index is 4.73. The Morgan fingerprint density at radius 1 is 0.594 bits per heavy atom. The average Bonchev–Trinajstić information content (AvgIpc) is 2.80. The van der Waals surface area contributed by atoms with Crippen molar-refractivity contribution in [2.24, 2.45) is 0 Å². The number of benzene rings is 3. The molecule has 0 aliphatic heterocycles. The van der Waals surface area contributed by atoms with Gasteiger partial charge in [0.1, 0.15) is 11.6 Å². The predicted molar refractivity (Wildman–Crippen MR) is 129 cm³/mol. The minimum Gasteiger partial charge on any atom is -0.340 e. The summed E-state index contributed by atoms with van der Waals surface area (Å²) in [7, 11) is 0. The van der Waals surface area contributed by atoms with Gasteiger partial charge in [0.15, 0.2) is 5.82 Å². The molecule has 0 aliphatic carbocycles. The quantitative estimate of drug-likeness (QED) is 0.354. The van der Waals surface area contributed by atoms with Crippen molar-refractivity contribution in [1.29, 1.82) is 0 Å². The van der Waals surface area contributed by atoms with Gasteiger partial charge in [-0.05, 0) is 44.2 Å². The van der Waals surface area contributed by atoms with E-state index in [-0.39, 0.29) is 0 Å². The normalized spacial score (nSPS) is 10.8. The molecule has 6 nitrogen and oxygen atoms in total. The molecule has 0 aliphatic rings. The van der Waals surface area contributed by atoms with Crippen molar-refractivity contribution >= 4 is 34.0 Å². The van der Waals surface area contributed by atoms with Gasteiger partial charge in [0, 0.05) is 23.0 Å². The van der Waals surface area contributed by atoms with Gasteiger partial charge in [0.05, 0.1) is 22.4 Å². The third-order valence-corrected chi connectivity index (χ3v) is 5.05. The molecule has 0 fully saturated rings. The minimum absolute atomic E-state index is 0.713. The van der Waals surface area contributed by atoms with Crippen LogP contribution < -0.4 is 10.6 Å². The van der Waals surface area contributed by atoms with Crippen LogP contribution >= 0.6 is 0 Å². The van der Waals surface area contributed by atoms with Crippen LogP contribution in [0.4, 0.5) is 23.0 Å². The molecule has 3 aromatic carbocycles. The third-order valence-electron chi connectivity index (χ3n) is 5.05. The van der Waals surface area contributed by atoms with Gasteiger partial charge in [-0.1, -0.05) is 48.5 Å². The number of fused-ring (bicyclic) bond motifs is 1. The van der Waals surface area contributed by atoms with E-state index >= 15 is 0 Å². The van der Waals surface area contributed by atoms with E-state index in [0.29, 0.717) is 5.82 Å². The Labute approximate surface area is 186 Å². The zero-order chi connectivity index (χ0) is 21.9. The fourth-order valence-corrected chi connectivity index (χ4v) is 3.55. The van der Waals surface area contributed by atoms with E-state index < -0.39 is 0 Å². The third kappa shape index (κ3) is 4.25. The maximum Gasteiger partial charge on any atom is 0.152 e. The molecule has 0 amide bonds. The highest BCUT2D eigenvalue weighted by Crippen LogP contribution is 2.26. The number of rotatable bonds is 5. The van der Waals surface area contributed by atoms with E-state index in [0.717, 1.165) is 51.0 Å². The van der Waals surface area contributed by atoms with Gasteiger partial charge in [-0.2, -0.15) is 0 Å². The van der Waals surface area contributed by atoms with Gasteiger partial charge in [0.25, 0.3) is 0 Å². The first kappa shape index (κ1) is 19.6. The Morgan fingerprint density at radius 3 is 2.06 bits per heavy atom. The Morgan fingerprint density at radius 2 is 1.28 bits per heavy atom. The molecule has 2 aromatic heterocycles. The second-order valence-electron chi connectivity index (χ2n) is 7.53. The number of nitrogens with one attached hydrogen (secondary N) is 2. The highest BCUT2D eigenvalue weighted by Gasteiger charge is 2.08. The molecule has 2 heterocycles. The molecule has 0 unspecified atom stereocenters. The maximum atomic E-state index is 4.73. The molecule has 0 bridgehead atoms. The summed E-state index contributed by atoms with van der Waals surface area (Å²) >= 11 is 0. The van der Waals surface area contributed by atoms with Crippen molar-refractivity contribution in [3.63, 3.8) is 0 Å². The molecule has 6 heteroatoms.